The molecule has 2 heterocycles. The third kappa shape index (κ3) is 3.08. The second-order valence-electron chi connectivity index (χ2n) is 4.33. The molecule has 0 bridgehead atoms. The quantitative estimate of drug-likeness (QED) is 0.639. The highest BCUT2D eigenvalue weighted by Crippen LogP contribution is 2.00. The van der Waals surface area contributed by atoms with Crippen LogP contribution in [0.1, 0.15) is 5.82 Å². The third-order valence-corrected chi connectivity index (χ3v) is 4.27. The van der Waals surface area contributed by atoms with Crippen LogP contribution in [0.15, 0.2) is 27.0 Å². The Kier molecular flexibility index (Phi) is 4.04. The lowest BCUT2D eigenvalue weighted by Gasteiger charge is -2.08. The second kappa shape index (κ2) is 5.61. The summed E-state index contributed by atoms with van der Waals surface area (Å²) in [5.74, 6) is 0.520. The Hall–Kier alpha value is -2.27. The number of H-pyrrole nitrogens is 1. The summed E-state index contributed by atoms with van der Waals surface area (Å²) in [6, 6.07) is 0. The van der Waals surface area contributed by atoms with E-state index in [1.165, 1.54) is 20.4 Å². The molecule has 0 amide bonds. The van der Waals surface area contributed by atoms with E-state index in [1.807, 2.05) is 0 Å². The minimum atomic E-state index is -4.01. The first-order chi connectivity index (χ1) is 9.83. The van der Waals surface area contributed by atoms with Gasteiger partial charge in [-0.1, -0.05) is 0 Å². The number of rotatable bonds is 5. The maximum atomic E-state index is 12.1. The van der Waals surface area contributed by atoms with E-state index in [-0.39, 0.29) is 6.54 Å². The summed E-state index contributed by atoms with van der Waals surface area (Å²) < 4.78 is 28.3. The number of aromatic amines is 1. The van der Waals surface area contributed by atoms with Crippen LogP contribution in [0.2, 0.25) is 0 Å². The van der Waals surface area contributed by atoms with E-state index in [0.717, 1.165) is 15.3 Å². The highest BCUT2D eigenvalue weighted by Gasteiger charge is 2.20. The van der Waals surface area contributed by atoms with Crippen LogP contribution < -0.4 is 16.0 Å². The van der Waals surface area contributed by atoms with E-state index < -0.39 is 26.2 Å². The molecule has 0 radical (unpaired) electrons. The van der Waals surface area contributed by atoms with E-state index in [9.17, 15) is 18.0 Å². The predicted molar refractivity (Wildman–Crippen MR) is 72.2 cm³/mol. The summed E-state index contributed by atoms with van der Waals surface area (Å²) in [4.78, 5) is 26.8. The molecule has 0 unspecified atom stereocenters. The van der Waals surface area contributed by atoms with Crippen molar-refractivity contribution in [2.45, 2.75) is 11.3 Å². The average Bonchev–Trinajstić information content (AvgIpc) is 2.93. The number of sulfonamides is 1. The maximum Gasteiger partial charge on any atom is 0.330 e. The highest BCUT2D eigenvalue weighted by molar-refractivity contribution is 7.89. The molecule has 21 heavy (non-hydrogen) atoms. The van der Waals surface area contributed by atoms with Gasteiger partial charge in [0.15, 0.2) is 4.90 Å². The fraction of sp³-hybridized carbons (Fsp3) is 0.400. The minimum absolute atomic E-state index is 0.0452. The van der Waals surface area contributed by atoms with E-state index in [0.29, 0.717) is 12.2 Å². The predicted octanol–water partition coefficient (Wildman–Crippen LogP) is -2.28. The van der Waals surface area contributed by atoms with Crippen molar-refractivity contribution in [3.05, 3.63) is 39.2 Å². The van der Waals surface area contributed by atoms with Crippen molar-refractivity contribution in [1.29, 1.82) is 0 Å². The Balaban J connectivity index is 2.24. The fourth-order valence-corrected chi connectivity index (χ4v) is 2.88. The van der Waals surface area contributed by atoms with Gasteiger partial charge >= 0.3 is 5.69 Å². The summed E-state index contributed by atoms with van der Waals surface area (Å²) in [6.45, 7) is 0.0452. The zero-order chi connectivity index (χ0) is 15.6. The van der Waals surface area contributed by atoms with Gasteiger partial charge in [0.1, 0.15) is 12.2 Å². The summed E-state index contributed by atoms with van der Waals surface area (Å²) in [7, 11) is -1.42. The molecule has 0 aromatic carbocycles. The molecule has 2 N–H and O–H groups in total. The summed E-state index contributed by atoms with van der Waals surface area (Å²) in [5.41, 5.74) is -1.47. The molecule has 0 aliphatic heterocycles. The van der Waals surface area contributed by atoms with Crippen molar-refractivity contribution >= 4 is 10.0 Å². The lowest BCUT2D eigenvalue weighted by Crippen LogP contribution is -2.41. The van der Waals surface area contributed by atoms with Crippen LogP contribution in [0.5, 0.6) is 0 Å². The van der Waals surface area contributed by atoms with E-state index in [2.05, 4.69) is 19.9 Å². The first kappa shape index (κ1) is 15.1. The second-order valence-corrected chi connectivity index (χ2v) is 6.07. The fourth-order valence-electron chi connectivity index (χ4n) is 1.69. The highest BCUT2D eigenvalue weighted by atomic mass is 32.2. The first-order valence-corrected chi connectivity index (χ1v) is 7.42. The molecule has 0 atom stereocenters. The van der Waals surface area contributed by atoms with Crippen LogP contribution in [0.3, 0.4) is 0 Å². The number of nitrogens with zero attached hydrogens (tertiary/aromatic N) is 4. The van der Waals surface area contributed by atoms with Gasteiger partial charge in [0, 0.05) is 33.3 Å². The molecular formula is C10H14N6O4S. The molecular weight excluding hydrogens is 300 g/mol. The number of nitrogens with one attached hydrogen (secondary N) is 2. The monoisotopic (exact) mass is 314 g/mol. The molecule has 11 heteroatoms. The van der Waals surface area contributed by atoms with Crippen LogP contribution in [0.25, 0.3) is 0 Å². The molecule has 0 saturated heterocycles. The molecule has 0 saturated carbocycles. The lowest BCUT2D eigenvalue weighted by molar-refractivity contribution is 0.570. The summed E-state index contributed by atoms with van der Waals surface area (Å²) >= 11 is 0. The van der Waals surface area contributed by atoms with Crippen LogP contribution in [-0.2, 0) is 30.5 Å². The Morgan fingerprint density at radius 3 is 2.67 bits per heavy atom. The van der Waals surface area contributed by atoms with Crippen LogP contribution in [0, 0.1) is 0 Å². The molecule has 0 aliphatic rings. The molecule has 114 valence electrons. The van der Waals surface area contributed by atoms with Gasteiger partial charge in [0.25, 0.3) is 5.56 Å². The van der Waals surface area contributed by atoms with Gasteiger partial charge in [-0.2, -0.15) is 5.10 Å². The molecule has 2 aromatic heterocycles. The Bertz CT molecular complexity index is 849. The number of aromatic nitrogens is 5. The van der Waals surface area contributed by atoms with Crippen molar-refractivity contribution in [1.82, 2.24) is 29.0 Å². The Morgan fingerprint density at radius 1 is 1.33 bits per heavy atom. The van der Waals surface area contributed by atoms with E-state index >= 15 is 0 Å². The number of aryl methyl sites for hydroxylation is 1. The maximum absolute atomic E-state index is 12.1. The lowest BCUT2D eigenvalue weighted by atomic mass is 10.4. The smallest absolute Gasteiger partial charge is 0.302 e. The zero-order valence-electron chi connectivity index (χ0n) is 11.4. The zero-order valence-corrected chi connectivity index (χ0v) is 12.2. The first-order valence-electron chi connectivity index (χ1n) is 5.93. The van der Waals surface area contributed by atoms with Gasteiger partial charge in [-0.05, 0) is 0 Å². The van der Waals surface area contributed by atoms with Crippen molar-refractivity contribution in [2.75, 3.05) is 6.54 Å². The normalized spacial score (nSPS) is 11.7. The van der Waals surface area contributed by atoms with Gasteiger partial charge in [0.2, 0.25) is 10.0 Å². The van der Waals surface area contributed by atoms with Crippen LogP contribution >= 0.6 is 0 Å². The summed E-state index contributed by atoms with van der Waals surface area (Å²) in [5, 5.41) is 6.23. The number of hydrogen-bond acceptors (Lipinski definition) is 6. The minimum Gasteiger partial charge on any atom is -0.302 e. The van der Waals surface area contributed by atoms with Gasteiger partial charge in [0.05, 0.1) is 0 Å². The van der Waals surface area contributed by atoms with Crippen molar-refractivity contribution < 1.29 is 8.42 Å². The van der Waals surface area contributed by atoms with Crippen LogP contribution in [-0.4, -0.2) is 39.3 Å². The van der Waals surface area contributed by atoms with E-state index in [4.69, 9.17) is 0 Å². The van der Waals surface area contributed by atoms with Gasteiger partial charge < -0.3 is 4.57 Å². The van der Waals surface area contributed by atoms with Gasteiger partial charge in [-0.25, -0.2) is 22.9 Å². The largest absolute Gasteiger partial charge is 0.330 e. The van der Waals surface area contributed by atoms with Gasteiger partial charge in [-0.3, -0.25) is 14.5 Å². The Morgan fingerprint density at radius 2 is 2.05 bits per heavy atom. The standard InChI is InChI=1S/C10H14N6O4S/c1-15-5-7(9(17)16(2)10(15)18)21(19,20)13-4-3-8-11-6-12-14-8/h5-6,13H,3-4H2,1-2H3,(H,11,12,14). The van der Waals surface area contributed by atoms with Crippen LogP contribution in [0.4, 0.5) is 0 Å². The van der Waals surface area contributed by atoms with Crippen molar-refractivity contribution in [2.24, 2.45) is 14.1 Å². The molecule has 2 rings (SSSR count). The molecule has 0 spiro atoms. The van der Waals surface area contributed by atoms with E-state index in [1.54, 1.807) is 0 Å². The molecule has 0 aliphatic carbocycles. The number of hydrogen-bond donors (Lipinski definition) is 2. The third-order valence-electron chi connectivity index (χ3n) is 2.82. The topological polar surface area (TPSA) is 132 Å². The molecule has 0 fully saturated rings. The SMILES string of the molecule is Cn1cc(S(=O)(=O)NCCc2ncn[nH]2)c(=O)n(C)c1=O. The molecule has 10 nitrogen and oxygen atoms in total. The Labute approximate surface area is 119 Å². The van der Waals surface area contributed by atoms with Gasteiger partial charge in [-0.15, -0.1) is 0 Å². The average molecular weight is 314 g/mol. The van der Waals surface area contributed by atoms with Crippen molar-refractivity contribution in [3.8, 4) is 0 Å². The van der Waals surface area contributed by atoms with Crippen molar-refractivity contribution in [3.63, 3.8) is 0 Å². The summed E-state index contributed by atoms with van der Waals surface area (Å²) in [6.07, 6.45) is 2.61. The molecule has 2 aromatic rings.